The van der Waals surface area contributed by atoms with E-state index in [9.17, 15) is 13.5 Å². The van der Waals surface area contributed by atoms with Gasteiger partial charge in [-0.1, -0.05) is 26.8 Å². The third-order valence-corrected chi connectivity index (χ3v) is 2.83. The van der Waals surface area contributed by atoms with Gasteiger partial charge in [-0.15, -0.1) is 0 Å². The second-order valence-corrected chi connectivity index (χ2v) is 6.55. The Hall–Kier alpha value is -1.11. The second kappa shape index (κ2) is 5.26. The smallest absolute Gasteiger partial charge is 0.289 e. The molecule has 0 bridgehead atoms. The van der Waals surface area contributed by atoms with Gasteiger partial charge in [0.15, 0.2) is 5.94 Å². The molecule has 0 aromatic heterocycles. The van der Waals surface area contributed by atoms with E-state index in [2.05, 4.69) is 0 Å². The number of hydrogen-bond donors (Lipinski definition) is 2. The lowest BCUT2D eigenvalue weighted by atomic mass is 9.85. The summed E-state index contributed by atoms with van der Waals surface area (Å²) in [6.45, 7) is 5.95. The lowest BCUT2D eigenvalue weighted by Gasteiger charge is -2.21. The Bertz CT molecular complexity index is 514. The molecule has 102 valence electrons. The first-order chi connectivity index (χ1) is 8.09. The maximum Gasteiger partial charge on any atom is 0.289 e. The molecular weight excluding hydrogens is 256 g/mol. The normalized spacial score (nSPS) is 12.7. The van der Waals surface area contributed by atoms with Crippen molar-refractivity contribution in [2.45, 2.75) is 32.8 Å². The van der Waals surface area contributed by atoms with Crippen molar-refractivity contribution in [3.05, 3.63) is 29.3 Å². The van der Waals surface area contributed by atoms with Crippen molar-refractivity contribution in [2.75, 3.05) is 5.94 Å². The van der Waals surface area contributed by atoms with Crippen LogP contribution in [0.5, 0.6) is 5.75 Å². The molecular formula is C12H18O5S. The summed E-state index contributed by atoms with van der Waals surface area (Å²) in [4.78, 5) is 0. The third-order valence-electron chi connectivity index (χ3n) is 2.37. The number of phenols is 1. The average Bonchev–Trinajstić information content (AvgIpc) is 2.17. The monoisotopic (exact) mass is 274 g/mol. The molecule has 0 heterocycles. The van der Waals surface area contributed by atoms with Crippen LogP contribution in [0.3, 0.4) is 0 Å². The summed E-state index contributed by atoms with van der Waals surface area (Å²) in [5.74, 6) is -0.542. The molecule has 5 nitrogen and oxygen atoms in total. The lowest BCUT2D eigenvalue weighted by molar-refractivity contribution is 0.157. The van der Waals surface area contributed by atoms with Crippen molar-refractivity contribution in [2.24, 2.45) is 0 Å². The Labute approximate surface area is 107 Å². The topological polar surface area (TPSA) is 83.8 Å². The molecule has 2 N–H and O–H groups in total. The van der Waals surface area contributed by atoms with Crippen molar-refractivity contribution in [3.63, 3.8) is 0 Å². The van der Waals surface area contributed by atoms with Crippen LogP contribution in [0.2, 0.25) is 0 Å². The Morgan fingerprint density at radius 2 is 1.89 bits per heavy atom. The minimum atomic E-state index is -4.11. The predicted octanol–water partition coefficient (Wildman–Crippen LogP) is 2.05. The molecule has 0 saturated carbocycles. The fourth-order valence-electron chi connectivity index (χ4n) is 1.54. The molecule has 1 rings (SSSR count). The maximum atomic E-state index is 10.5. The van der Waals surface area contributed by atoms with E-state index >= 15 is 0 Å². The van der Waals surface area contributed by atoms with Gasteiger partial charge < -0.3 is 9.84 Å². The molecule has 6 heteroatoms. The van der Waals surface area contributed by atoms with Gasteiger partial charge in [0.2, 0.25) is 0 Å². The lowest BCUT2D eigenvalue weighted by Crippen LogP contribution is -2.12. The first-order valence-electron chi connectivity index (χ1n) is 5.45. The van der Waals surface area contributed by atoms with E-state index in [4.69, 9.17) is 9.29 Å². The fourth-order valence-corrected chi connectivity index (χ4v) is 1.83. The minimum Gasteiger partial charge on any atom is -0.508 e. The van der Waals surface area contributed by atoms with Crippen LogP contribution < -0.4 is 0 Å². The molecule has 0 aliphatic carbocycles. The SMILES string of the molecule is CC(C)(C)c1cc(COCS(=O)(=O)O)ccc1O. The van der Waals surface area contributed by atoms with E-state index in [1.165, 1.54) is 0 Å². The van der Waals surface area contributed by atoms with Gasteiger partial charge in [-0.25, -0.2) is 0 Å². The quantitative estimate of drug-likeness (QED) is 0.821. The van der Waals surface area contributed by atoms with Crippen LogP contribution in [0.1, 0.15) is 31.9 Å². The Morgan fingerprint density at radius 1 is 1.28 bits per heavy atom. The molecule has 0 radical (unpaired) electrons. The molecule has 1 aromatic carbocycles. The summed E-state index contributed by atoms with van der Waals surface area (Å²) in [7, 11) is -4.11. The van der Waals surface area contributed by atoms with Crippen LogP contribution in [-0.2, 0) is 26.9 Å². The van der Waals surface area contributed by atoms with E-state index in [-0.39, 0.29) is 17.8 Å². The molecule has 0 fully saturated rings. The van der Waals surface area contributed by atoms with Crippen molar-refractivity contribution < 1.29 is 22.8 Å². The molecule has 0 atom stereocenters. The van der Waals surface area contributed by atoms with Gasteiger partial charge in [0, 0.05) is 0 Å². The van der Waals surface area contributed by atoms with Crippen molar-refractivity contribution in [3.8, 4) is 5.75 Å². The molecule has 0 unspecified atom stereocenters. The van der Waals surface area contributed by atoms with Crippen LogP contribution in [-0.4, -0.2) is 24.0 Å². The van der Waals surface area contributed by atoms with Gasteiger partial charge in [0.05, 0.1) is 6.61 Å². The Balaban J connectivity index is 2.80. The molecule has 0 aliphatic heterocycles. The van der Waals surface area contributed by atoms with E-state index in [0.29, 0.717) is 0 Å². The summed E-state index contributed by atoms with van der Waals surface area (Å²) in [6.07, 6.45) is 0. The van der Waals surface area contributed by atoms with E-state index in [1.54, 1.807) is 18.2 Å². The molecule has 0 spiro atoms. The first-order valence-corrected chi connectivity index (χ1v) is 7.06. The highest BCUT2D eigenvalue weighted by Crippen LogP contribution is 2.31. The first kappa shape index (κ1) is 14.9. The highest BCUT2D eigenvalue weighted by atomic mass is 32.2. The Morgan fingerprint density at radius 3 is 2.39 bits per heavy atom. The number of hydrogen-bond acceptors (Lipinski definition) is 4. The van der Waals surface area contributed by atoms with Crippen LogP contribution in [0, 0.1) is 0 Å². The minimum absolute atomic E-state index is 0.0587. The largest absolute Gasteiger partial charge is 0.508 e. The van der Waals surface area contributed by atoms with Crippen molar-refractivity contribution >= 4 is 10.1 Å². The van der Waals surface area contributed by atoms with Gasteiger partial charge in [0.1, 0.15) is 5.75 Å². The number of ether oxygens (including phenoxy) is 1. The van der Waals surface area contributed by atoms with Gasteiger partial charge in [-0.05, 0) is 28.7 Å². The summed E-state index contributed by atoms with van der Waals surface area (Å²) in [5.41, 5.74) is 1.28. The summed E-state index contributed by atoms with van der Waals surface area (Å²) in [6, 6.07) is 4.96. The molecule has 0 amide bonds. The van der Waals surface area contributed by atoms with E-state index in [1.807, 2.05) is 20.8 Å². The zero-order valence-electron chi connectivity index (χ0n) is 10.7. The Kier molecular flexibility index (Phi) is 4.37. The van der Waals surface area contributed by atoms with Crippen LogP contribution in [0.15, 0.2) is 18.2 Å². The fraction of sp³-hybridized carbons (Fsp3) is 0.500. The molecule has 1 aromatic rings. The average molecular weight is 274 g/mol. The molecule has 0 saturated heterocycles. The van der Waals surface area contributed by atoms with Crippen LogP contribution >= 0.6 is 0 Å². The summed E-state index contributed by atoms with van der Waals surface area (Å²) in [5, 5.41) is 9.75. The standard InChI is InChI=1S/C12H18O5S/c1-12(2,3)10-6-9(4-5-11(10)13)7-17-8-18(14,15)16/h4-6,13H,7-8H2,1-3H3,(H,14,15,16). The van der Waals surface area contributed by atoms with Crippen molar-refractivity contribution in [1.29, 1.82) is 0 Å². The third kappa shape index (κ3) is 4.64. The number of benzene rings is 1. The highest BCUT2D eigenvalue weighted by Gasteiger charge is 2.18. The van der Waals surface area contributed by atoms with Gasteiger partial charge in [-0.3, -0.25) is 4.55 Å². The van der Waals surface area contributed by atoms with Gasteiger partial charge >= 0.3 is 0 Å². The zero-order chi connectivity index (χ0) is 14.0. The predicted molar refractivity (Wildman–Crippen MR) is 68.0 cm³/mol. The molecule has 18 heavy (non-hydrogen) atoms. The second-order valence-electron chi connectivity index (χ2n) is 5.15. The summed E-state index contributed by atoms with van der Waals surface area (Å²) < 4.78 is 34.4. The maximum absolute atomic E-state index is 10.5. The van der Waals surface area contributed by atoms with Crippen LogP contribution in [0.4, 0.5) is 0 Å². The number of phenolic OH excluding ortho intramolecular Hbond substituents is 1. The highest BCUT2D eigenvalue weighted by molar-refractivity contribution is 7.85. The van der Waals surface area contributed by atoms with Crippen LogP contribution in [0.25, 0.3) is 0 Å². The number of rotatable bonds is 4. The summed E-state index contributed by atoms with van der Waals surface area (Å²) >= 11 is 0. The molecule has 0 aliphatic rings. The number of aromatic hydroxyl groups is 1. The van der Waals surface area contributed by atoms with E-state index < -0.39 is 16.1 Å². The zero-order valence-corrected chi connectivity index (χ0v) is 11.5. The van der Waals surface area contributed by atoms with Gasteiger partial charge in [0.25, 0.3) is 10.1 Å². The van der Waals surface area contributed by atoms with E-state index in [0.717, 1.165) is 11.1 Å². The van der Waals surface area contributed by atoms with Gasteiger partial charge in [-0.2, -0.15) is 8.42 Å². The van der Waals surface area contributed by atoms with Crippen molar-refractivity contribution in [1.82, 2.24) is 0 Å².